The van der Waals surface area contributed by atoms with Crippen molar-refractivity contribution in [2.24, 2.45) is 0 Å². The Bertz CT molecular complexity index is 529. The Kier molecular flexibility index (Phi) is 4.23. The summed E-state index contributed by atoms with van der Waals surface area (Å²) in [6, 6.07) is 0.234. The molecule has 122 valence electrons. The van der Waals surface area contributed by atoms with Gasteiger partial charge in [-0.05, 0) is 33.6 Å². The monoisotopic (exact) mass is 306 g/mol. The molecule has 3 heterocycles. The third kappa shape index (κ3) is 3.03. The standard InChI is InChI=1S/C16H26N4O2/c1-4-20(12-5-8-22-16(2,3)9-12)15(21)13-11-19-7-6-17-10-14(19)18-13/h11-12,17H,4-10H2,1-3H3. The maximum atomic E-state index is 12.9. The molecule has 0 bridgehead atoms. The average molecular weight is 306 g/mol. The third-order valence-electron chi connectivity index (χ3n) is 4.60. The number of hydrogen-bond donors (Lipinski definition) is 1. The number of carbonyl (C=O) groups excluding carboxylic acids is 1. The smallest absolute Gasteiger partial charge is 0.274 e. The Balaban J connectivity index is 1.78. The fourth-order valence-corrected chi connectivity index (χ4v) is 3.47. The molecule has 1 amide bonds. The van der Waals surface area contributed by atoms with Crippen molar-refractivity contribution in [3.05, 3.63) is 17.7 Å². The Morgan fingerprint density at radius 1 is 1.59 bits per heavy atom. The van der Waals surface area contributed by atoms with E-state index in [-0.39, 0.29) is 17.6 Å². The van der Waals surface area contributed by atoms with E-state index in [0.29, 0.717) is 18.8 Å². The fourth-order valence-electron chi connectivity index (χ4n) is 3.47. The van der Waals surface area contributed by atoms with Crippen molar-refractivity contribution in [2.75, 3.05) is 19.7 Å². The predicted octanol–water partition coefficient (Wildman–Crippen LogP) is 1.41. The van der Waals surface area contributed by atoms with Crippen LogP contribution in [-0.2, 0) is 17.8 Å². The minimum atomic E-state index is -0.159. The van der Waals surface area contributed by atoms with Gasteiger partial charge in [0.15, 0.2) is 0 Å². The SMILES string of the molecule is CCN(C(=O)c1cn2c(n1)CNCC2)C1CCOC(C)(C)C1. The molecule has 1 atom stereocenters. The Hall–Kier alpha value is -1.40. The molecule has 3 rings (SSSR count). The Morgan fingerprint density at radius 2 is 2.41 bits per heavy atom. The predicted molar refractivity (Wildman–Crippen MR) is 83.7 cm³/mol. The van der Waals surface area contributed by atoms with Gasteiger partial charge in [-0.15, -0.1) is 0 Å². The van der Waals surface area contributed by atoms with Gasteiger partial charge < -0.3 is 19.5 Å². The second-order valence-corrected chi connectivity index (χ2v) is 6.76. The van der Waals surface area contributed by atoms with Gasteiger partial charge in [0.05, 0.1) is 12.1 Å². The van der Waals surface area contributed by atoms with Crippen LogP contribution in [0.3, 0.4) is 0 Å². The van der Waals surface area contributed by atoms with Crippen LogP contribution < -0.4 is 5.32 Å². The topological polar surface area (TPSA) is 59.4 Å². The number of nitrogens with one attached hydrogen (secondary N) is 1. The van der Waals surface area contributed by atoms with Crippen LogP contribution in [0.2, 0.25) is 0 Å². The van der Waals surface area contributed by atoms with E-state index in [0.717, 1.165) is 38.3 Å². The van der Waals surface area contributed by atoms with E-state index in [4.69, 9.17) is 4.74 Å². The average Bonchev–Trinajstić information content (AvgIpc) is 2.91. The van der Waals surface area contributed by atoms with Gasteiger partial charge in [0, 0.05) is 38.5 Å². The Morgan fingerprint density at radius 3 is 3.09 bits per heavy atom. The lowest BCUT2D eigenvalue weighted by atomic mass is 9.92. The van der Waals surface area contributed by atoms with Gasteiger partial charge in [-0.1, -0.05) is 0 Å². The normalized spacial score (nSPS) is 23.9. The van der Waals surface area contributed by atoms with Crippen molar-refractivity contribution in [1.29, 1.82) is 0 Å². The summed E-state index contributed by atoms with van der Waals surface area (Å²) in [7, 11) is 0. The van der Waals surface area contributed by atoms with Crippen molar-refractivity contribution in [3.8, 4) is 0 Å². The number of carbonyl (C=O) groups is 1. The van der Waals surface area contributed by atoms with Crippen molar-refractivity contribution in [3.63, 3.8) is 0 Å². The van der Waals surface area contributed by atoms with Crippen LogP contribution >= 0.6 is 0 Å². The summed E-state index contributed by atoms with van der Waals surface area (Å²) in [5.41, 5.74) is 0.415. The minimum Gasteiger partial charge on any atom is -0.375 e. The lowest BCUT2D eigenvalue weighted by molar-refractivity contribution is -0.0777. The summed E-state index contributed by atoms with van der Waals surface area (Å²) >= 11 is 0. The van der Waals surface area contributed by atoms with Crippen molar-refractivity contribution in [2.45, 2.75) is 58.3 Å². The number of ether oxygens (including phenoxy) is 1. The van der Waals surface area contributed by atoms with Crippen LogP contribution in [0.1, 0.15) is 49.9 Å². The summed E-state index contributed by atoms with van der Waals surface area (Å²) in [5, 5.41) is 3.29. The lowest BCUT2D eigenvalue weighted by Gasteiger charge is -2.40. The highest BCUT2D eigenvalue weighted by Gasteiger charge is 2.34. The third-order valence-corrected chi connectivity index (χ3v) is 4.60. The summed E-state index contributed by atoms with van der Waals surface area (Å²) in [6.45, 7) is 10.2. The van der Waals surface area contributed by atoms with E-state index in [9.17, 15) is 4.79 Å². The van der Waals surface area contributed by atoms with Crippen LogP contribution in [0.15, 0.2) is 6.20 Å². The minimum absolute atomic E-state index is 0.0482. The number of imidazole rings is 1. The molecule has 0 aliphatic carbocycles. The molecule has 0 spiro atoms. The number of rotatable bonds is 3. The molecule has 2 aliphatic rings. The molecule has 6 heteroatoms. The first kappa shape index (κ1) is 15.5. The number of amides is 1. The molecule has 0 saturated carbocycles. The van der Waals surface area contributed by atoms with Gasteiger partial charge in [0.2, 0.25) is 0 Å². The second-order valence-electron chi connectivity index (χ2n) is 6.76. The van der Waals surface area contributed by atoms with Gasteiger partial charge >= 0.3 is 0 Å². The van der Waals surface area contributed by atoms with Crippen molar-refractivity contribution < 1.29 is 9.53 Å². The van der Waals surface area contributed by atoms with E-state index in [1.54, 1.807) is 0 Å². The van der Waals surface area contributed by atoms with Crippen molar-refractivity contribution in [1.82, 2.24) is 19.8 Å². The van der Waals surface area contributed by atoms with Gasteiger partial charge in [-0.25, -0.2) is 4.98 Å². The molecule has 2 aliphatic heterocycles. The van der Waals surface area contributed by atoms with E-state index in [1.807, 2.05) is 18.0 Å². The lowest BCUT2D eigenvalue weighted by Crippen LogP contribution is -2.48. The van der Waals surface area contributed by atoms with E-state index >= 15 is 0 Å². The molecular formula is C16H26N4O2. The maximum Gasteiger partial charge on any atom is 0.274 e. The van der Waals surface area contributed by atoms with Crippen molar-refractivity contribution >= 4 is 5.91 Å². The van der Waals surface area contributed by atoms with Crippen LogP contribution in [0, 0.1) is 0 Å². The first-order chi connectivity index (χ1) is 10.5. The quantitative estimate of drug-likeness (QED) is 0.917. The summed E-state index contributed by atoms with van der Waals surface area (Å²) in [5.74, 6) is 1.00. The van der Waals surface area contributed by atoms with Crippen LogP contribution in [0.4, 0.5) is 0 Å². The Labute approximate surface area is 131 Å². The zero-order valence-corrected chi connectivity index (χ0v) is 13.8. The highest BCUT2D eigenvalue weighted by molar-refractivity contribution is 5.92. The fraction of sp³-hybridized carbons (Fsp3) is 0.750. The maximum absolute atomic E-state index is 12.9. The first-order valence-electron chi connectivity index (χ1n) is 8.22. The molecule has 1 fully saturated rings. The largest absolute Gasteiger partial charge is 0.375 e. The van der Waals surface area contributed by atoms with E-state index in [2.05, 4.69) is 28.7 Å². The zero-order valence-electron chi connectivity index (χ0n) is 13.8. The molecule has 22 heavy (non-hydrogen) atoms. The van der Waals surface area contributed by atoms with Crippen LogP contribution in [0.5, 0.6) is 0 Å². The molecule has 0 aromatic carbocycles. The first-order valence-corrected chi connectivity index (χ1v) is 8.22. The summed E-state index contributed by atoms with van der Waals surface area (Å²) in [6.07, 6.45) is 3.69. The molecule has 1 aromatic heterocycles. The zero-order chi connectivity index (χ0) is 15.7. The number of fused-ring (bicyclic) bond motifs is 1. The molecule has 6 nitrogen and oxygen atoms in total. The van der Waals surface area contributed by atoms with Gasteiger partial charge in [0.1, 0.15) is 11.5 Å². The van der Waals surface area contributed by atoms with E-state index < -0.39 is 0 Å². The summed E-state index contributed by atoms with van der Waals surface area (Å²) in [4.78, 5) is 19.4. The number of aromatic nitrogens is 2. The van der Waals surface area contributed by atoms with Gasteiger partial charge in [-0.2, -0.15) is 0 Å². The van der Waals surface area contributed by atoms with Crippen LogP contribution in [0.25, 0.3) is 0 Å². The van der Waals surface area contributed by atoms with Crippen LogP contribution in [-0.4, -0.2) is 51.7 Å². The van der Waals surface area contributed by atoms with Gasteiger partial charge in [0.25, 0.3) is 5.91 Å². The molecule has 1 aromatic rings. The summed E-state index contributed by atoms with van der Waals surface area (Å²) < 4.78 is 7.86. The van der Waals surface area contributed by atoms with Gasteiger partial charge in [-0.3, -0.25) is 4.79 Å². The molecule has 1 N–H and O–H groups in total. The molecule has 1 saturated heterocycles. The highest BCUT2D eigenvalue weighted by atomic mass is 16.5. The highest BCUT2D eigenvalue weighted by Crippen LogP contribution is 2.28. The second kappa shape index (κ2) is 6.01. The number of hydrogen-bond acceptors (Lipinski definition) is 4. The molecule has 1 unspecified atom stereocenters. The molecular weight excluding hydrogens is 280 g/mol. The number of nitrogens with zero attached hydrogens (tertiary/aromatic N) is 3. The molecule has 0 radical (unpaired) electrons. The van der Waals surface area contributed by atoms with E-state index in [1.165, 1.54) is 0 Å².